The summed E-state index contributed by atoms with van der Waals surface area (Å²) < 4.78 is 19.3. The first-order valence-corrected chi connectivity index (χ1v) is 8.58. The number of carbonyl (C=O) groups is 1. The van der Waals surface area contributed by atoms with E-state index in [1.807, 2.05) is 12.1 Å². The van der Waals surface area contributed by atoms with Crippen molar-refractivity contribution < 1.29 is 13.9 Å². The van der Waals surface area contributed by atoms with Crippen molar-refractivity contribution in [1.82, 2.24) is 5.32 Å². The van der Waals surface area contributed by atoms with E-state index in [2.05, 4.69) is 21.2 Å². The second-order valence-corrected chi connectivity index (χ2v) is 6.91. The number of benzene rings is 2. The minimum Gasteiger partial charge on any atom is -0.488 e. The van der Waals surface area contributed by atoms with E-state index in [1.165, 1.54) is 12.1 Å². The van der Waals surface area contributed by atoms with Crippen LogP contribution in [-0.4, -0.2) is 11.1 Å². The third-order valence-electron chi connectivity index (χ3n) is 3.22. The number of hydrogen-bond acceptors (Lipinski definition) is 4. The summed E-state index contributed by atoms with van der Waals surface area (Å²) in [4.78, 5) is 12.1. The highest BCUT2D eigenvalue weighted by Crippen LogP contribution is 2.30. The second kappa shape index (κ2) is 7.19. The Hall–Kier alpha value is -2.12. The molecule has 0 spiro atoms. The van der Waals surface area contributed by atoms with E-state index < -0.39 is 0 Å². The van der Waals surface area contributed by atoms with E-state index in [0.29, 0.717) is 17.3 Å². The SMILES string of the molecule is N=C1NC(=O)/C(=C/c2ccc(OCc3ccc(F)cc3)c(Br)c2)S1. The number of thioether (sulfide) groups is 1. The molecular formula is C17H12BrFN2O2S. The Balaban J connectivity index is 1.70. The Labute approximate surface area is 150 Å². The first kappa shape index (κ1) is 16.7. The van der Waals surface area contributed by atoms with Gasteiger partial charge in [-0.25, -0.2) is 4.39 Å². The van der Waals surface area contributed by atoms with Crippen LogP contribution < -0.4 is 10.1 Å². The highest BCUT2D eigenvalue weighted by Gasteiger charge is 2.22. The quantitative estimate of drug-likeness (QED) is 0.743. The van der Waals surface area contributed by atoms with Gasteiger partial charge in [-0.3, -0.25) is 10.2 Å². The summed E-state index contributed by atoms with van der Waals surface area (Å²) in [5.41, 5.74) is 1.69. The molecule has 0 aromatic heterocycles. The molecule has 0 atom stereocenters. The maximum atomic E-state index is 12.9. The van der Waals surface area contributed by atoms with E-state index in [4.69, 9.17) is 10.1 Å². The second-order valence-electron chi connectivity index (χ2n) is 5.00. The maximum Gasteiger partial charge on any atom is 0.264 e. The number of carbonyl (C=O) groups excluding carboxylic acids is 1. The van der Waals surface area contributed by atoms with Gasteiger partial charge in [0, 0.05) is 0 Å². The Bertz CT molecular complexity index is 837. The van der Waals surface area contributed by atoms with Crippen LogP contribution in [0.3, 0.4) is 0 Å². The summed E-state index contributed by atoms with van der Waals surface area (Å²) in [5, 5.41) is 10.00. The van der Waals surface area contributed by atoms with Gasteiger partial charge in [-0.1, -0.05) is 18.2 Å². The van der Waals surface area contributed by atoms with Crippen molar-refractivity contribution in [2.75, 3.05) is 0 Å². The van der Waals surface area contributed by atoms with Gasteiger partial charge in [0.15, 0.2) is 5.17 Å². The molecule has 1 saturated heterocycles. The molecule has 2 aromatic rings. The van der Waals surface area contributed by atoms with Crippen molar-refractivity contribution in [3.05, 3.63) is 68.8 Å². The Morgan fingerprint density at radius 1 is 1.25 bits per heavy atom. The minimum atomic E-state index is -0.278. The number of ether oxygens (including phenoxy) is 1. The summed E-state index contributed by atoms with van der Waals surface area (Å²) in [7, 11) is 0. The lowest BCUT2D eigenvalue weighted by Gasteiger charge is -2.09. The number of amides is 1. The van der Waals surface area contributed by atoms with E-state index in [9.17, 15) is 9.18 Å². The molecule has 4 nitrogen and oxygen atoms in total. The fourth-order valence-corrected chi connectivity index (χ4v) is 3.27. The normalized spacial score (nSPS) is 15.7. The van der Waals surface area contributed by atoms with Gasteiger partial charge in [-0.15, -0.1) is 0 Å². The molecule has 122 valence electrons. The van der Waals surface area contributed by atoms with Crippen molar-refractivity contribution >= 4 is 44.8 Å². The topological polar surface area (TPSA) is 62.2 Å². The summed E-state index contributed by atoms with van der Waals surface area (Å²) in [6, 6.07) is 11.6. The van der Waals surface area contributed by atoms with E-state index >= 15 is 0 Å². The first-order chi connectivity index (χ1) is 11.5. The average molecular weight is 407 g/mol. The van der Waals surface area contributed by atoms with Crippen LogP contribution in [-0.2, 0) is 11.4 Å². The lowest BCUT2D eigenvalue weighted by atomic mass is 10.2. The van der Waals surface area contributed by atoms with Crippen molar-refractivity contribution in [2.45, 2.75) is 6.61 Å². The molecule has 2 N–H and O–H groups in total. The zero-order valence-electron chi connectivity index (χ0n) is 12.3. The highest BCUT2D eigenvalue weighted by atomic mass is 79.9. The van der Waals surface area contributed by atoms with Crippen molar-refractivity contribution in [3.8, 4) is 5.75 Å². The lowest BCUT2D eigenvalue weighted by molar-refractivity contribution is -0.115. The van der Waals surface area contributed by atoms with Gasteiger partial charge in [-0.2, -0.15) is 0 Å². The molecule has 1 amide bonds. The summed E-state index contributed by atoms with van der Waals surface area (Å²) in [6.45, 7) is 0.328. The molecule has 7 heteroatoms. The smallest absolute Gasteiger partial charge is 0.264 e. The molecule has 1 aliphatic heterocycles. The van der Waals surface area contributed by atoms with Crippen molar-refractivity contribution in [3.63, 3.8) is 0 Å². The minimum absolute atomic E-state index is 0.129. The van der Waals surface area contributed by atoms with E-state index in [0.717, 1.165) is 27.4 Å². The van der Waals surface area contributed by atoms with E-state index in [-0.39, 0.29) is 16.9 Å². The van der Waals surface area contributed by atoms with Gasteiger partial charge >= 0.3 is 0 Å². The predicted molar refractivity (Wildman–Crippen MR) is 96.3 cm³/mol. The molecule has 0 radical (unpaired) electrons. The van der Waals surface area contributed by atoms with E-state index in [1.54, 1.807) is 24.3 Å². The average Bonchev–Trinajstić information content (AvgIpc) is 2.86. The van der Waals surface area contributed by atoms with Crippen LogP contribution in [0.5, 0.6) is 5.75 Å². The summed E-state index contributed by atoms with van der Waals surface area (Å²) in [6.07, 6.45) is 1.72. The predicted octanol–water partition coefficient (Wildman–Crippen LogP) is 4.31. The molecule has 0 saturated carbocycles. The molecule has 3 rings (SSSR count). The molecule has 0 unspecified atom stereocenters. The van der Waals surface area contributed by atoms with Crippen LogP contribution in [0.1, 0.15) is 11.1 Å². The highest BCUT2D eigenvalue weighted by molar-refractivity contribution is 9.10. The fourth-order valence-electron chi connectivity index (χ4n) is 2.06. The molecule has 24 heavy (non-hydrogen) atoms. The third-order valence-corrected chi connectivity index (χ3v) is 4.67. The fraction of sp³-hybridized carbons (Fsp3) is 0.0588. The van der Waals surface area contributed by atoms with Crippen LogP contribution in [0, 0.1) is 11.2 Å². The van der Waals surface area contributed by atoms with Crippen LogP contribution in [0.4, 0.5) is 4.39 Å². The monoisotopic (exact) mass is 406 g/mol. The summed E-state index contributed by atoms with van der Waals surface area (Å²) in [5.74, 6) is 0.106. The largest absolute Gasteiger partial charge is 0.488 e. The van der Waals surface area contributed by atoms with Gasteiger partial charge in [0.1, 0.15) is 18.2 Å². The van der Waals surface area contributed by atoms with Gasteiger partial charge in [0.2, 0.25) is 0 Å². The standard InChI is InChI=1S/C17H12BrFN2O2S/c18-13-7-11(8-15-16(22)21-17(20)24-15)3-6-14(13)23-9-10-1-4-12(19)5-2-10/h1-8H,9H2,(H2,20,21,22)/b15-8-. The number of nitrogens with one attached hydrogen (secondary N) is 2. The zero-order chi connectivity index (χ0) is 17.1. The van der Waals surface area contributed by atoms with Crippen molar-refractivity contribution in [2.24, 2.45) is 0 Å². The maximum absolute atomic E-state index is 12.9. The van der Waals surface area contributed by atoms with Gasteiger partial charge < -0.3 is 10.1 Å². The number of hydrogen-bond donors (Lipinski definition) is 2. The molecule has 1 heterocycles. The number of amidine groups is 1. The first-order valence-electron chi connectivity index (χ1n) is 6.97. The Kier molecular flexibility index (Phi) is 5.01. The zero-order valence-corrected chi connectivity index (χ0v) is 14.7. The third kappa shape index (κ3) is 4.04. The molecule has 1 fully saturated rings. The van der Waals surface area contributed by atoms with Crippen LogP contribution in [0.25, 0.3) is 6.08 Å². The number of halogens is 2. The van der Waals surface area contributed by atoms with Gasteiger partial charge in [0.25, 0.3) is 5.91 Å². The Morgan fingerprint density at radius 2 is 2.00 bits per heavy atom. The molecule has 0 aliphatic carbocycles. The van der Waals surface area contributed by atoms with Crippen LogP contribution in [0.2, 0.25) is 0 Å². The molecule has 0 bridgehead atoms. The molecule has 2 aromatic carbocycles. The van der Waals surface area contributed by atoms with Crippen LogP contribution in [0.15, 0.2) is 51.8 Å². The van der Waals surface area contributed by atoms with Gasteiger partial charge in [0.05, 0.1) is 9.38 Å². The Morgan fingerprint density at radius 3 is 2.62 bits per heavy atom. The molecular weight excluding hydrogens is 395 g/mol. The van der Waals surface area contributed by atoms with Crippen molar-refractivity contribution in [1.29, 1.82) is 5.41 Å². The van der Waals surface area contributed by atoms with Crippen LogP contribution >= 0.6 is 27.7 Å². The lowest BCUT2D eigenvalue weighted by Crippen LogP contribution is -2.18. The molecule has 1 aliphatic rings. The van der Waals surface area contributed by atoms with Gasteiger partial charge in [-0.05, 0) is 69.2 Å². The number of rotatable bonds is 4. The summed E-state index contributed by atoms with van der Waals surface area (Å²) >= 11 is 4.54.